The number of aliphatic hydroxyl groups is 1. The first kappa shape index (κ1) is 28.3. The molecule has 4 saturated carbocycles. The number of fused-ring (bicyclic) bond motifs is 5. The lowest BCUT2D eigenvalue weighted by Gasteiger charge is -2.69. The molecule has 0 bridgehead atoms. The molecule has 10 atom stereocenters. The smallest absolute Gasteiger partial charge is 0.303 e. The normalized spacial score (nSPS) is 46.5. The molecule has 37 heavy (non-hydrogen) atoms. The van der Waals surface area contributed by atoms with Crippen LogP contribution in [0.3, 0.4) is 0 Å². The van der Waals surface area contributed by atoms with E-state index in [1.807, 2.05) is 32.1 Å². The molecular weight excluding hydrogens is 462 g/mol. The van der Waals surface area contributed by atoms with Crippen LogP contribution >= 0.6 is 0 Å². The molecule has 0 amide bonds. The molecular formula is C32H49NO4. The molecule has 0 aromatic rings. The maximum Gasteiger partial charge on any atom is 0.303 e. The van der Waals surface area contributed by atoms with Crippen molar-refractivity contribution >= 4 is 11.8 Å². The highest BCUT2D eigenvalue weighted by Gasteiger charge is 2.70. The first-order chi connectivity index (χ1) is 17.2. The van der Waals surface area contributed by atoms with Gasteiger partial charge >= 0.3 is 5.97 Å². The van der Waals surface area contributed by atoms with E-state index in [9.17, 15) is 14.7 Å². The topological polar surface area (TPSA) is 89.6 Å². The molecule has 0 unspecified atom stereocenters. The number of ether oxygens (including phenoxy) is 1. The number of carbonyl (C=O) groups excluding carboxylic acids is 2. The van der Waals surface area contributed by atoms with Crippen molar-refractivity contribution in [3.63, 3.8) is 0 Å². The second-order valence-corrected chi connectivity index (χ2v) is 13.7. The number of ketones is 1. The zero-order valence-corrected chi connectivity index (χ0v) is 24.3. The van der Waals surface area contributed by atoms with Crippen LogP contribution in [0.4, 0.5) is 0 Å². The zero-order valence-electron chi connectivity index (χ0n) is 24.3. The van der Waals surface area contributed by atoms with E-state index in [4.69, 9.17) is 10.5 Å². The van der Waals surface area contributed by atoms with Crippen molar-refractivity contribution in [1.29, 1.82) is 0 Å². The van der Waals surface area contributed by atoms with E-state index in [1.54, 1.807) is 6.92 Å². The Kier molecular flexibility index (Phi) is 7.48. The Morgan fingerprint density at radius 2 is 1.73 bits per heavy atom. The van der Waals surface area contributed by atoms with Crippen molar-refractivity contribution in [2.75, 3.05) is 0 Å². The highest BCUT2D eigenvalue weighted by molar-refractivity contribution is 5.97. The number of esters is 1. The van der Waals surface area contributed by atoms with Crippen molar-refractivity contribution in [3.8, 4) is 0 Å². The summed E-state index contributed by atoms with van der Waals surface area (Å²) in [5, 5.41) is 10.7. The number of aliphatic hydroxyl groups excluding tert-OH is 1. The van der Waals surface area contributed by atoms with Gasteiger partial charge in [0.1, 0.15) is 6.10 Å². The van der Waals surface area contributed by atoms with Crippen molar-refractivity contribution in [3.05, 3.63) is 34.9 Å². The van der Waals surface area contributed by atoms with Crippen LogP contribution in [0.1, 0.15) is 93.9 Å². The summed E-state index contributed by atoms with van der Waals surface area (Å²) in [6.07, 6.45) is 10.7. The highest BCUT2D eigenvalue weighted by Crippen LogP contribution is 2.74. The van der Waals surface area contributed by atoms with E-state index in [0.717, 1.165) is 49.7 Å². The Hall–Kier alpha value is -1.72. The Morgan fingerprint density at radius 3 is 2.32 bits per heavy atom. The molecule has 0 spiro atoms. The lowest BCUT2D eigenvalue weighted by Crippen LogP contribution is -2.67. The number of Topliss-reactive ketones (excluding diaryl/α,β-unsaturated/α-hetero) is 1. The van der Waals surface area contributed by atoms with E-state index in [0.29, 0.717) is 17.4 Å². The summed E-state index contributed by atoms with van der Waals surface area (Å²) in [7, 11) is 0. The minimum Gasteiger partial charge on any atom is -0.458 e. The average Bonchev–Trinajstić information content (AvgIpc) is 3.05. The lowest BCUT2D eigenvalue weighted by molar-refractivity contribution is -0.204. The van der Waals surface area contributed by atoms with Gasteiger partial charge < -0.3 is 15.6 Å². The minimum absolute atomic E-state index is 0.00131. The SMILES string of the molecule is CC(=O)O[C@H]1C[C@@]2(C)[C@@H](C[C@@H](N)[C@H]3[C@@]4(C)CC[C@@H](O)[C@@H](C)[C@@H]4CC[C@@]32C)/C1=C(\C=C\C=C(C)C)C(C)=O. The molecule has 0 radical (unpaired) electrons. The molecule has 5 nitrogen and oxygen atoms in total. The van der Waals surface area contributed by atoms with Crippen LogP contribution in [-0.4, -0.2) is 35.1 Å². The molecule has 0 aromatic heterocycles. The van der Waals surface area contributed by atoms with Gasteiger partial charge in [-0.25, -0.2) is 0 Å². The highest BCUT2D eigenvalue weighted by atomic mass is 16.5. The number of hydrogen-bond donors (Lipinski definition) is 2. The molecule has 0 heterocycles. The number of rotatable bonds is 4. The average molecular weight is 512 g/mol. The van der Waals surface area contributed by atoms with Crippen LogP contribution in [0, 0.1) is 39.9 Å². The summed E-state index contributed by atoms with van der Waals surface area (Å²) in [6.45, 7) is 16.6. The van der Waals surface area contributed by atoms with Gasteiger partial charge in [0.15, 0.2) is 5.78 Å². The molecule has 3 N–H and O–H groups in total. The Labute approximate surface area is 224 Å². The zero-order chi connectivity index (χ0) is 27.5. The fourth-order valence-electron chi connectivity index (χ4n) is 9.75. The summed E-state index contributed by atoms with van der Waals surface area (Å²) >= 11 is 0. The van der Waals surface area contributed by atoms with Crippen molar-refractivity contribution < 1.29 is 19.4 Å². The van der Waals surface area contributed by atoms with Crippen LogP contribution in [0.25, 0.3) is 0 Å². The van der Waals surface area contributed by atoms with Gasteiger partial charge in [0, 0.05) is 18.5 Å². The number of hydrogen-bond acceptors (Lipinski definition) is 5. The molecule has 206 valence electrons. The van der Waals surface area contributed by atoms with Gasteiger partial charge in [-0.1, -0.05) is 51.5 Å². The van der Waals surface area contributed by atoms with Crippen LogP contribution in [0.2, 0.25) is 0 Å². The fraction of sp³-hybridized carbons (Fsp3) is 0.750. The van der Waals surface area contributed by atoms with Crippen LogP contribution in [0.5, 0.6) is 0 Å². The lowest BCUT2D eigenvalue weighted by atomic mass is 9.36. The fourth-order valence-corrected chi connectivity index (χ4v) is 9.75. The largest absolute Gasteiger partial charge is 0.458 e. The Morgan fingerprint density at radius 1 is 1.05 bits per heavy atom. The summed E-state index contributed by atoms with van der Waals surface area (Å²) < 4.78 is 5.99. The minimum atomic E-state index is -0.414. The van der Waals surface area contributed by atoms with Crippen LogP contribution in [-0.2, 0) is 14.3 Å². The third-order valence-electron chi connectivity index (χ3n) is 11.5. The maximum atomic E-state index is 13.0. The second kappa shape index (κ2) is 9.79. The molecule has 4 fully saturated rings. The Bertz CT molecular complexity index is 1040. The predicted octanol–water partition coefficient (Wildman–Crippen LogP) is 5.91. The molecule has 0 aliphatic heterocycles. The summed E-state index contributed by atoms with van der Waals surface area (Å²) in [5.41, 5.74) is 9.83. The molecule has 4 aliphatic carbocycles. The summed E-state index contributed by atoms with van der Waals surface area (Å²) in [5.74, 6) is 0.822. The molecule has 4 aliphatic rings. The second-order valence-electron chi connectivity index (χ2n) is 13.7. The first-order valence-corrected chi connectivity index (χ1v) is 14.3. The maximum absolute atomic E-state index is 13.0. The molecule has 0 aromatic carbocycles. The third kappa shape index (κ3) is 4.38. The van der Waals surface area contributed by atoms with Gasteiger partial charge in [-0.05, 0) is 105 Å². The number of allylic oxidation sites excluding steroid dienone is 5. The predicted molar refractivity (Wildman–Crippen MR) is 147 cm³/mol. The van der Waals surface area contributed by atoms with E-state index in [2.05, 4.69) is 27.7 Å². The first-order valence-electron chi connectivity index (χ1n) is 14.3. The molecule has 4 rings (SSSR count). The molecule has 5 heteroatoms. The van der Waals surface area contributed by atoms with Crippen LogP contribution in [0.15, 0.2) is 34.9 Å². The standard InChI is InChI=1S/C32H49NO4/c1-18(2)10-9-11-22(20(4)34)28-24-16-25(33)29-30(6)14-13-26(36)19(3)23(30)12-15-31(29,7)32(24,8)17-27(28)37-21(5)35/h9-11,19,23-27,29,36H,12-17,33H2,1-8H3/b11-9+,28-22-/t19-,23-,24-,25+,26+,27-,29-,30-,31-,32-/m0/s1. The van der Waals surface area contributed by atoms with Gasteiger partial charge in [-0.15, -0.1) is 0 Å². The third-order valence-corrected chi connectivity index (χ3v) is 11.5. The van der Waals surface area contributed by atoms with Gasteiger partial charge in [-0.2, -0.15) is 0 Å². The number of nitrogens with two attached hydrogens (primary N) is 1. The van der Waals surface area contributed by atoms with Crippen molar-refractivity contribution in [2.45, 2.75) is 112 Å². The van der Waals surface area contributed by atoms with Gasteiger partial charge in [0.2, 0.25) is 0 Å². The van der Waals surface area contributed by atoms with Gasteiger partial charge in [-0.3, -0.25) is 9.59 Å². The van der Waals surface area contributed by atoms with E-state index in [1.165, 1.54) is 6.92 Å². The van der Waals surface area contributed by atoms with E-state index >= 15 is 0 Å². The monoisotopic (exact) mass is 511 g/mol. The van der Waals surface area contributed by atoms with E-state index in [-0.39, 0.29) is 52.0 Å². The summed E-state index contributed by atoms with van der Waals surface area (Å²) in [4.78, 5) is 25.3. The Balaban J connectivity index is 1.86. The summed E-state index contributed by atoms with van der Waals surface area (Å²) in [6, 6.07) is -0.0145. The van der Waals surface area contributed by atoms with Crippen molar-refractivity contribution in [1.82, 2.24) is 0 Å². The van der Waals surface area contributed by atoms with Crippen molar-refractivity contribution in [2.24, 2.45) is 45.7 Å². The van der Waals surface area contributed by atoms with Gasteiger partial charge in [0.25, 0.3) is 0 Å². The van der Waals surface area contributed by atoms with E-state index < -0.39 is 6.10 Å². The van der Waals surface area contributed by atoms with Gasteiger partial charge in [0.05, 0.1) is 6.10 Å². The quantitative estimate of drug-likeness (QED) is 0.278. The molecule has 0 saturated heterocycles. The number of carbonyl (C=O) groups is 2. The van der Waals surface area contributed by atoms with Crippen LogP contribution < -0.4 is 5.73 Å².